The Kier molecular flexibility index (Phi) is 6.45. The Morgan fingerprint density at radius 3 is 2.40 bits per heavy atom. The number of nitrogens with zero attached hydrogens (tertiary/aromatic N) is 3. The molecule has 0 aliphatic carbocycles. The van der Waals surface area contributed by atoms with Gasteiger partial charge in [-0.05, 0) is 46.7 Å². The molecule has 2 aliphatic rings. The number of nitrogens with one attached hydrogen (secondary N) is 1. The number of carbonyl (C=O) groups is 1. The lowest BCUT2D eigenvalue weighted by Gasteiger charge is -2.20. The Morgan fingerprint density at radius 2 is 1.69 bits per heavy atom. The maximum absolute atomic E-state index is 12.8. The highest BCUT2D eigenvalue weighted by Crippen LogP contribution is 2.32. The minimum Gasteiger partial charge on any atom is -0.493 e. The van der Waals surface area contributed by atoms with E-state index in [-0.39, 0.29) is 11.4 Å². The molecule has 174 valence electrons. The molecule has 0 spiro atoms. The number of ether oxygens (including phenoxy) is 2. The first kappa shape index (κ1) is 22.6. The summed E-state index contributed by atoms with van der Waals surface area (Å²) in [5, 5.41) is 15.8. The fraction of sp³-hybridized carbons (Fsp3) is 0.111. The lowest BCUT2D eigenvalue weighted by molar-refractivity contribution is -0.114. The van der Waals surface area contributed by atoms with Crippen molar-refractivity contribution < 1.29 is 14.3 Å². The second-order valence-electron chi connectivity index (χ2n) is 7.86. The minimum absolute atomic E-state index is 0.000988. The van der Waals surface area contributed by atoms with Crippen LogP contribution in [0.25, 0.3) is 6.08 Å². The topological polar surface area (TPSA) is 87.3 Å². The average Bonchev–Trinajstić information content (AvgIpc) is 3.29. The molecular formula is C27H22N4O3S. The zero-order valence-electron chi connectivity index (χ0n) is 19.0. The van der Waals surface area contributed by atoms with Crippen LogP contribution in [0.2, 0.25) is 0 Å². The largest absolute Gasteiger partial charge is 0.493 e. The number of amides is 1. The highest BCUT2D eigenvalue weighted by molar-refractivity contribution is 8.26. The van der Waals surface area contributed by atoms with Gasteiger partial charge in [0.25, 0.3) is 5.91 Å². The van der Waals surface area contributed by atoms with Crippen LogP contribution in [-0.4, -0.2) is 34.1 Å². The number of hydrazone groups is 1. The number of carbonyl (C=O) groups excluding carboxylic acids is 1. The van der Waals surface area contributed by atoms with Crippen LogP contribution < -0.4 is 9.47 Å². The van der Waals surface area contributed by atoms with E-state index in [0.29, 0.717) is 35.3 Å². The lowest BCUT2D eigenvalue weighted by atomic mass is 10.1. The minimum atomic E-state index is -0.465. The molecule has 0 unspecified atom stereocenters. The molecule has 0 saturated carbocycles. The first-order chi connectivity index (χ1) is 17.1. The van der Waals surface area contributed by atoms with Crippen LogP contribution in [0.4, 0.5) is 0 Å². The van der Waals surface area contributed by atoms with Gasteiger partial charge < -0.3 is 9.47 Å². The van der Waals surface area contributed by atoms with Gasteiger partial charge in [-0.2, -0.15) is 15.1 Å². The Labute approximate surface area is 207 Å². The van der Waals surface area contributed by atoms with E-state index < -0.39 is 5.91 Å². The summed E-state index contributed by atoms with van der Waals surface area (Å²) in [6.07, 6.45) is 2.24. The molecule has 0 radical (unpaired) electrons. The van der Waals surface area contributed by atoms with Gasteiger partial charge in [-0.15, -0.1) is 0 Å². The summed E-state index contributed by atoms with van der Waals surface area (Å²) in [5.41, 5.74) is 3.01. The summed E-state index contributed by atoms with van der Waals surface area (Å²) < 4.78 is 11.4. The van der Waals surface area contributed by atoms with E-state index >= 15 is 0 Å². The van der Waals surface area contributed by atoms with Crippen molar-refractivity contribution in [3.05, 3.63) is 101 Å². The highest BCUT2D eigenvalue weighted by atomic mass is 32.2. The molecule has 0 aromatic heterocycles. The number of aliphatic imine (C=N–C) groups is 1. The maximum Gasteiger partial charge on any atom is 0.283 e. The molecule has 35 heavy (non-hydrogen) atoms. The number of fused-ring (bicyclic) bond motifs is 1. The van der Waals surface area contributed by atoms with Crippen molar-refractivity contribution >= 4 is 39.8 Å². The molecular weight excluding hydrogens is 460 g/mol. The third kappa shape index (κ3) is 5.02. The third-order valence-corrected chi connectivity index (χ3v) is 6.34. The third-order valence-electron chi connectivity index (χ3n) is 5.43. The molecule has 2 heterocycles. The van der Waals surface area contributed by atoms with Crippen LogP contribution >= 0.6 is 11.8 Å². The van der Waals surface area contributed by atoms with Gasteiger partial charge in [-0.25, -0.2) is 0 Å². The molecule has 0 fully saturated rings. The van der Waals surface area contributed by atoms with Gasteiger partial charge in [0.05, 0.1) is 12.7 Å². The fourth-order valence-electron chi connectivity index (χ4n) is 3.67. The van der Waals surface area contributed by atoms with Gasteiger partial charge in [0, 0.05) is 6.42 Å². The van der Waals surface area contributed by atoms with Gasteiger partial charge in [0.2, 0.25) is 5.17 Å². The summed E-state index contributed by atoms with van der Waals surface area (Å²) in [6.45, 7) is 0.411. The average molecular weight is 483 g/mol. The smallest absolute Gasteiger partial charge is 0.283 e. The van der Waals surface area contributed by atoms with E-state index in [9.17, 15) is 4.79 Å². The van der Waals surface area contributed by atoms with Crippen LogP contribution in [0.15, 0.2) is 94.5 Å². The fourth-order valence-corrected chi connectivity index (χ4v) is 4.59. The Morgan fingerprint density at radius 1 is 0.971 bits per heavy atom. The van der Waals surface area contributed by atoms with Crippen molar-refractivity contribution in [1.29, 1.82) is 5.41 Å². The number of thioether (sulfide) groups is 1. The van der Waals surface area contributed by atoms with Crippen LogP contribution in [0, 0.1) is 5.41 Å². The number of hydrogen-bond acceptors (Lipinski definition) is 6. The number of methoxy groups -OCH3 is 1. The van der Waals surface area contributed by atoms with E-state index in [1.165, 1.54) is 16.8 Å². The molecule has 0 atom stereocenters. The van der Waals surface area contributed by atoms with Crippen molar-refractivity contribution in [2.75, 3.05) is 7.11 Å². The van der Waals surface area contributed by atoms with Gasteiger partial charge in [0.15, 0.2) is 17.3 Å². The van der Waals surface area contributed by atoms with E-state index in [4.69, 9.17) is 14.9 Å². The summed E-state index contributed by atoms with van der Waals surface area (Å²) in [5.74, 6) is 0.663. The Hall–Kier alpha value is -4.17. The number of amidine groups is 2. The molecule has 8 heteroatoms. The normalized spacial score (nSPS) is 16.1. The van der Waals surface area contributed by atoms with E-state index in [0.717, 1.165) is 16.2 Å². The van der Waals surface area contributed by atoms with E-state index in [1.54, 1.807) is 25.3 Å². The van der Waals surface area contributed by atoms with Crippen LogP contribution in [0.1, 0.15) is 16.7 Å². The first-order valence-electron chi connectivity index (χ1n) is 11.0. The second kappa shape index (κ2) is 9.99. The second-order valence-corrected chi connectivity index (χ2v) is 8.90. The van der Waals surface area contributed by atoms with Crippen molar-refractivity contribution in [1.82, 2.24) is 5.01 Å². The lowest BCUT2D eigenvalue weighted by Crippen LogP contribution is -2.35. The molecule has 0 bridgehead atoms. The Balaban J connectivity index is 1.34. The SMILES string of the molecule is COc1cc(C=C2C(=N)N3N=C(Cc4ccccc4)SC3=NC2=O)ccc1OCc1ccccc1. The van der Waals surface area contributed by atoms with E-state index in [2.05, 4.69) is 10.1 Å². The van der Waals surface area contributed by atoms with Gasteiger partial charge in [-0.3, -0.25) is 10.2 Å². The summed E-state index contributed by atoms with van der Waals surface area (Å²) in [4.78, 5) is 16.9. The number of rotatable bonds is 7. The highest BCUT2D eigenvalue weighted by Gasteiger charge is 2.35. The summed E-state index contributed by atoms with van der Waals surface area (Å²) >= 11 is 1.32. The molecule has 1 amide bonds. The summed E-state index contributed by atoms with van der Waals surface area (Å²) in [7, 11) is 1.57. The zero-order valence-corrected chi connectivity index (χ0v) is 19.8. The van der Waals surface area contributed by atoms with Gasteiger partial charge >= 0.3 is 0 Å². The Bertz CT molecular complexity index is 1370. The van der Waals surface area contributed by atoms with E-state index in [1.807, 2.05) is 66.7 Å². The maximum atomic E-state index is 12.8. The molecule has 7 nitrogen and oxygen atoms in total. The van der Waals surface area contributed by atoms with Crippen LogP contribution in [-0.2, 0) is 17.8 Å². The van der Waals surface area contributed by atoms with Crippen molar-refractivity contribution in [2.24, 2.45) is 10.1 Å². The molecule has 1 N–H and O–H groups in total. The first-order valence-corrected chi connectivity index (χ1v) is 11.8. The zero-order chi connectivity index (χ0) is 24.2. The molecule has 3 aromatic rings. The standard InChI is InChI=1S/C27H22N4O3S/c1-33-23-15-20(12-13-22(23)34-17-19-10-6-3-7-11-19)14-21-25(28)31-27(29-26(21)32)35-24(30-31)16-18-8-4-2-5-9-18/h2-15,28H,16-17H2,1H3. The van der Waals surface area contributed by atoms with Crippen LogP contribution in [0.3, 0.4) is 0 Å². The van der Waals surface area contributed by atoms with Crippen molar-refractivity contribution in [2.45, 2.75) is 13.0 Å². The predicted molar refractivity (Wildman–Crippen MR) is 139 cm³/mol. The molecule has 0 saturated heterocycles. The quantitative estimate of drug-likeness (QED) is 0.472. The summed E-state index contributed by atoms with van der Waals surface area (Å²) in [6, 6.07) is 25.2. The van der Waals surface area contributed by atoms with Gasteiger partial charge in [0.1, 0.15) is 11.7 Å². The predicted octanol–water partition coefficient (Wildman–Crippen LogP) is 5.14. The van der Waals surface area contributed by atoms with Crippen LogP contribution in [0.5, 0.6) is 11.5 Å². The number of hydrogen-bond donors (Lipinski definition) is 1. The molecule has 2 aliphatic heterocycles. The molecule has 3 aromatic carbocycles. The van der Waals surface area contributed by atoms with Crippen molar-refractivity contribution in [3.8, 4) is 11.5 Å². The van der Waals surface area contributed by atoms with Crippen molar-refractivity contribution in [3.63, 3.8) is 0 Å². The monoisotopic (exact) mass is 482 g/mol. The number of benzene rings is 3. The molecule has 5 rings (SSSR count). The van der Waals surface area contributed by atoms with Gasteiger partial charge in [-0.1, -0.05) is 66.7 Å².